The van der Waals surface area contributed by atoms with E-state index in [1.807, 2.05) is 53.1 Å². The molecule has 5 heteroatoms. The zero-order valence-corrected chi connectivity index (χ0v) is 58.1. The van der Waals surface area contributed by atoms with Crippen LogP contribution in [-0.4, -0.2) is 15.8 Å². The normalized spacial score (nSPS) is 13.9. The van der Waals surface area contributed by atoms with Gasteiger partial charge in [0.2, 0.25) is 0 Å². The Labute approximate surface area is 616 Å². The Morgan fingerprint density at radius 1 is 0.252 bits per heavy atom. The third-order valence-corrected chi connectivity index (χ3v) is 21.1. The van der Waals surface area contributed by atoms with Crippen molar-refractivity contribution in [3.63, 3.8) is 0 Å². The van der Waals surface area contributed by atoms with E-state index in [4.69, 9.17) is 4.11 Å². The first-order valence-corrected chi connectivity index (χ1v) is 35.4. The second kappa shape index (κ2) is 24.1. The zero-order valence-electron chi connectivity index (χ0n) is 67.1. The number of fused-ring (bicyclic) bond motifs is 10. The van der Waals surface area contributed by atoms with Crippen LogP contribution in [0.15, 0.2) is 346 Å². The van der Waals surface area contributed by atoms with Crippen LogP contribution >= 0.6 is 0 Å². The van der Waals surface area contributed by atoms with Gasteiger partial charge in [-0.05, 0) is 208 Å². The maximum Gasteiger partial charge on any atom is 0.252 e. The van der Waals surface area contributed by atoms with Crippen molar-refractivity contribution in [2.75, 3.05) is 9.80 Å². The molecule has 4 heterocycles. The van der Waals surface area contributed by atoms with Crippen LogP contribution in [0.25, 0.3) is 122 Å². The summed E-state index contributed by atoms with van der Waals surface area (Å²) in [7, 11) is 0. The molecule has 490 valence electrons. The summed E-state index contributed by atoms with van der Waals surface area (Å²) in [5, 5.41) is 3.25. The molecular weight excluding hydrogens is 1240 g/mol. The van der Waals surface area contributed by atoms with Gasteiger partial charge in [-0.3, -0.25) is 0 Å². The lowest BCUT2D eigenvalue weighted by Crippen LogP contribution is -2.61. The first kappa shape index (κ1) is 52.6. The Bertz CT molecular complexity index is 6550. The molecule has 15 aromatic carbocycles. The Morgan fingerprint density at radius 3 is 1.17 bits per heavy atom. The Kier molecular flexibility index (Phi) is 12.3. The molecule has 2 aliphatic rings. The van der Waals surface area contributed by atoms with Crippen molar-refractivity contribution in [1.29, 1.82) is 0 Å². The second-order valence-electron chi connectivity index (χ2n) is 29.5. The summed E-state index contributed by atoms with van der Waals surface area (Å²) < 4.78 is 89.2. The van der Waals surface area contributed by atoms with Crippen LogP contribution in [0, 0.1) is 0 Å². The van der Waals surface area contributed by atoms with Gasteiger partial charge in [-0.2, -0.15) is 0 Å². The maximum atomic E-state index is 10.1. The number of hydrogen-bond acceptors (Lipinski definition) is 2. The molecule has 17 aromatic rings. The monoisotopic (exact) mass is 1330 g/mol. The molecule has 0 spiro atoms. The lowest BCUT2D eigenvalue weighted by molar-refractivity contribution is 0.569. The molecule has 103 heavy (non-hydrogen) atoms. The molecular formula is C98H75BN4. The fourth-order valence-electron chi connectivity index (χ4n) is 16.0. The SMILES string of the molecule is [2H]c1c([2H])c([2H])c(-c2ccc3c(c2)N(c2cc(-c4ccccc4)cc(-c4ccccc4)c2)c2cc(-c4cc(C(C)(C)C)cc(C(C)(C)C)c4)cc4c2B3c2ccc(-n3c5ccc(-n6c7ccccc7c7ccccc76)cc5c5c([2H])c([2H])c([2H])c([2H])c53)cc2N4c2cc(-c3ccccc3)cc(-c3ccccc3)c2)c([2H])c1[2H]. The van der Waals surface area contributed by atoms with Gasteiger partial charge in [-0.15, -0.1) is 0 Å². The minimum atomic E-state index is -0.549. The van der Waals surface area contributed by atoms with Gasteiger partial charge in [0.15, 0.2) is 0 Å². The lowest BCUT2D eigenvalue weighted by atomic mass is 9.33. The van der Waals surface area contributed by atoms with Gasteiger partial charge in [0.25, 0.3) is 6.71 Å². The number of hydrogen-bond donors (Lipinski definition) is 0. The highest BCUT2D eigenvalue weighted by molar-refractivity contribution is 7.00. The number of para-hydroxylation sites is 3. The quantitative estimate of drug-likeness (QED) is 0.127. The van der Waals surface area contributed by atoms with E-state index in [-0.39, 0.29) is 52.6 Å². The second-order valence-corrected chi connectivity index (χ2v) is 29.5. The summed E-state index contributed by atoms with van der Waals surface area (Å²) in [5.74, 6) is 0. The van der Waals surface area contributed by atoms with E-state index < -0.39 is 24.8 Å². The Morgan fingerprint density at radius 2 is 0.650 bits per heavy atom. The highest BCUT2D eigenvalue weighted by Gasteiger charge is 2.45. The molecule has 0 N–H and O–H groups in total. The Hall–Kier alpha value is -12.4. The van der Waals surface area contributed by atoms with Gasteiger partial charge in [0.1, 0.15) is 0 Å². The molecule has 0 saturated carbocycles. The molecule has 0 aliphatic carbocycles. The fourth-order valence-corrected chi connectivity index (χ4v) is 16.0. The average Bonchev–Trinajstić information content (AvgIpc) is 0.731. The summed E-state index contributed by atoms with van der Waals surface area (Å²) >= 11 is 0. The molecule has 0 saturated heterocycles. The zero-order chi connectivity index (χ0) is 77.1. The van der Waals surface area contributed by atoms with E-state index in [9.17, 15) is 8.22 Å². The molecule has 2 aromatic heterocycles. The van der Waals surface area contributed by atoms with Gasteiger partial charge in [-0.1, -0.05) is 284 Å². The van der Waals surface area contributed by atoms with Crippen molar-refractivity contribution in [3.05, 3.63) is 357 Å². The molecule has 0 radical (unpaired) electrons. The molecule has 0 unspecified atom stereocenters. The van der Waals surface area contributed by atoms with Crippen LogP contribution in [0.3, 0.4) is 0 Å². The molecule has 2 aliphatic heterocycles. The van der Waals surface area contributed by atoms with Gasteiger partial charge >= 0.3 is 0 Å². The standard InChI is InChI=1S/C98H75BN4/c1-97(2,3)76-52-74(53-77(61-76)98(4,5)6)75-59-94-96-95(60-75)103(81-56-72(67-34-18-10-19-35-67)51-73(57-81)68-36-20-11-21-37-68)93-63-79(101-90-43-27-24-40-84(90)85-62-78(46-49-91(85)101)100-88-41-25-22-38-82(88)83-39-23-26-42-89(83)100)45-48-87(93)99(96)86-47-44-69(64-28-12-7-13-29-64)58-92(86)102(94)80-54-70(65-30-14-8-15-31-65)50-71(55-80)66-32-16-9-17-33-66/h7-63H,1-6H3/i7D,12D,13D,24D,27D,28D,29D,40D,43D. The van der Waals surface area contributed by atoms with E-state index in [0.717, 1.165) is 134 Å². The first-order chi connectivity index (χ1) is 54.1. The maximum absolute atomic E-state index is 10.1. The van der Waals surface area contributed by atoms with Gasteiger partial charge < -0.3 is 18.9 Å². The van der Waals surface area contributed by atoms with Crippen LogP contribution in [0.1, 0.15) is 65.0 Å². The molecule has 19 rings (SSSR count). The highest BCUT2D eigenvalue weighted by atomic mass is 15.2. The summed E-state index contributed by atoms with van der Waals surface area (Å²) in [6, 6.07) is 99.8. The van der Waals surface area contributed by atoms with E-state index in [1.54, 1.807) is 0 Å². The summed E-state index contributed by atoms with van der Waals surface area (Å²) in [4.78, 5) is 4.79. The summed E-state index contributed by atoms with van der Waals surface area (Å²) in [5.41, 5.74) is 24.7. The molecule has 0 fully saturated rings. The molecule has 0 amide bonds. The predicted molar refractivity (Wildman–Crippen MR) is 439 cm³/mol. The summed E-state index contributed by atoms with van der Waals surface area (Å²) in [6.07, 6.45) is 0. The fraction of sp³-hybridized carbons (Fsp3) is 0.0816. The van der Waals surface area contributed by atoms with Crippen LogP contribution in [0.5, 0.6) is 0 Å². The van der Waals surface area contributed by atoms with E-state index in [1.165, 1.54) is 11.1 Å². The molecule has 0 atom stereocenters. The number of nitrogens with zero attached hydrogens (tertiary/aromatic N) is 4. The van der Waals surface area contributed by atoms with E-state index in [2.05, 4.69) is 299 Å². The first-order valence-electron chi connectivity index (χ1n) is 39.9. The van der Waals surface area contributed by atoms with Crippen LogP contribution in [0.4, 0.5) is 34.1 Å². The van der Waals surface area contributed by atoms with Crippen molar-refractivity contribution >= 4 is 101 Å². The largest absolute Gasteiger partial charge is 0.311 e. The van der Waals surface area contributed by atoms with Crippen LogP contribution in [0.2, 0.25) is 0 Å². The van der Waals surface area contributed by atoms with Crippen molar-refractivity contribution in [3.8, 4) is 78.1 Å². The van der Waals surface area contributed by atoms with Crippen molar-refractivity contribution in [2.24, 2.45) is 0 Å². The smallest absolute Gasteiger partial charge is 0.252 e. The van der Waals surface area contributed by atoms with E-state index in [0.29, 0.717) is 33.1 Å². The predicted octanol–water partition coefficient (Wildman–Crippen LogP) is 24.6. The van der Waals surface area contributed by atoms with E-state index >= 15 is 0 Å². The molecule has 4 nitrogen and oxygen atoms in total. The van der Waals surface area contributed by atoms with Gasteiger partial charge in [0.05, 0.1) is 34.4 Å². The van der Waals surface area contributed by atoms with Crippen molar-refractivity contribution in [2.45, 2.75) is 52.4 Å². The van der Waals surface area contributed by atoms with Gasteiger partial charge in [-0.25, -0.2) is 0 Å². The van der Waals surface area contributed by atoms with Gasteiger partial charge in [0, 0.05) is 67.0 Å². The molecule has 0 bridgehead atoms. The van der Waals surface area contributed by atoms with Crippen molar-refractivity contribution in [1.82, 2.24) is 9.13 Å². The number of aromatic nitrogens is 2. The third kappa shape index (κ3) is 10.5. The minimum Gasteiger partial charge on any atom is -0.311 e. The lowest BCUT2D eigenvalue weighted by Gasteiger charge is -2.45. The van der Waals surface area contributed by atoms with Crippen LogP contribution < -0.4 is 26.2 Å². The number of benzene rings is 15. The Balaban J connectivity index is 0.968. The summed E-state index contributed by atoms with van der Waals surface area (Å²) in [6.45, 7) is 13.1. The highest BCUT2D eigenvalue weighted by Crippen LogP contribution is 2.51. The average molecular weight is 1330 g/mol. The topological polar surface area (TPSA) is 16.3 Å². The number of anilines is 6. The van der Waals surface area contributed by atoms with Crippen LogP contribution in [-0.2, 0) is 10.8 Å². The number of rotatable bonds is 10. The third-order valence-electron chi connectivity index (χ3n) is 21.1. The van der Waals surface area contributed by atoms with Crippen molar-refractivity contribution < 1.29 is 12.3 Å². The minimum absolute atomic E-state index is 0.0874.